The molecule has 6 aliphatic rings. The van der Waals surface area contributed by atoms with Crippen LogP contribution in [0.2, 0.25) is 0 Å². The maximum atomic E-state index is 5.78. The van der Waals surface area contributed by atoms with Crippen molar-refractivity contribution in [2.24, 2.45) is 65.1 Å². The van der Waals surface area contributed by atoms with Crippen LogP contribution in [0.25, 0.3) is 21.5 Å². The molecule has 0 spiro atoms. The number of ether oxygens (including phenoxy) is 4. The zero-order chi connectivity index (χ0) is 95.6. The third-order valence-electron chi connectivity index (χ3n) is 27.8. The molecule has 10 atom stereocenters. The minimum absolute atomic E-state index is 0. The second-order valence-electron chi connectivity index (χ2n) is 42.8. The Hall–Kier alpha value is 0.589. The van der Waals surface area contributed by atoms with Crippen molar-refractivity contribution in [2.45, 2.75) is 471 Å². The standard InChI is InChI=1S/2C19H36O.2C19H27O.C9H18.C9H13.C9H18.C9H13.C3H8.2CH3.6ClH.3Zr/c4*1-19(2,3)20-15-9-5-4-6-10-16-13-14-17-11-7-8-12-18(16)17;2*1-6-5-7(2)9(4)8(6)3;2*1-2-3-6-9-7-4-5-8-9;1-3-2;;;;;;;;;;;/h2*16-18H,4-15H2,1-3H3;2*7-8,11-14H,4-6,9-10,15H2,1-3H3;6-9H,5H2,1-4H3;5H,1-4H3;9H,2-8H2,1H3;4-5,7-8H,2-3,6H2,1H3;3H2,1-2H3;2*1H3;6*1H;;;/q;;2*-1;;-1;;-1;;2*-1;;;;;;;3*+4/p-6. The molecule has 6 fully saturated rings. The second kappa shape index (κ2) is 81.1. The average molecular weight is 2160 g/mol. The van der Waals surface area contributed by atoms with E-state index < -0.39 is 62.5 Å². The first-order chi connectivity index (χ1) is 61.0. The normalized spacial score (nSPS) is 19.9. The van der Waals surface area contributed by atoms with Gasteiger partial charge in [-0.15, -0.1) is 82.2 Å². The van der Waals surface area contributed by atoms with Crippen LogP contribution in [0.15, 0.2) is 103 Å². The summed E-state index contributed by atoms with van der Waals surface area (Å²) in [6, 6.07) is 37.2. The van der Waals surface area contributed by atoms with Crippen molar-refractivity contribution < 1.29 is 81.5 Å². The van der Waals surface area contributed by atoms with Crippen molar-refractivity contribution in [1.82, 2.24) is 0 Å². The van der Waals surface area contributed by atoms with E-state index in [0.717, 1.165) is 91.5 Å². The van der Waals surface area contributed by atoms with E-state index in [2.05, 4.69) is 269 Å². The van der Waals surface area contributed by atoms with Crippen LogP contribution >= 0.6 is 51.1 Å². The van der Waals surface area contributed by atoms with Gasteiger partial charge in [-0.05, 0) is 219 Å². The summed E-state index contributed by atoms with van der Waals surface area (Å²) in [5.74, 6) is 11.6. The van der Waals surface area contributed by atoms with Crippen LogP contribution in [-0.4, -0.2) is 48.8 Å². The minimum atomic E-state index is -0.826. The molecule has 748 valence electrons. The van der Waals surface area contributed by atoms with E-state index in [1.165, 1.54) is 292 Å². The number of aryl methyl sites for hydroxylation is 5. The van der Waals surface area contributed by atoms with E-state index in [9.17, 15) is 0 Å². The van der Waals surface area contributed by atoms with Gasteiger partial charge in [0.25, 0.3) is 0 Å². The SMILES string of the molecule is CC(C)(C)OCCCCCCC1CCC2CCCCC12.CC(C)(C)OCCCCCCC1CCC2CCCCC12.CC(C)(C)OCCCCCCc1c[cH-]c2ccccc12.CC(C)(C)OCCCCCCc1c[cH-]c2ccccc12.CC1CC(C)C(C)C1C.CCC.CCCCC1CCCC1.CCCCc1cc[cH-]c1.Cc1[cH-]c(C)c(C)c1C.[CH3-].[CH3-].[Cl][Zr+2][Cl].[Cl][Zr+2][Cl].[Cl][Zr+2][Cl]. The van der Waals surface area contributed by atoms with Crippen LogP contribution in [0.5, 0.6) is 0 Å². The maximum absolute atomic E-state index is 5.78. The van der Waals surface area contributed by atoms with Crippen LogP contribution in [0.1, 0.15) is 441 Å². The van der Waals surface area contributed by atoms with Gasteiger partial charge in [-0.2, -0.15) is 63.2 Å². The quantitative estimate of drug-likeness (QED) is 0.0298. The van der Waals surface area contributed by atoms with Gasteiger partial charge in [0, 0.05) is 26.4 Å². The van der Waals surface area contributed by atoms with Gasteiger partial charge in [-0.1, -0.05) is 307 Å². The molecule has 12 rings (SSSR count). The molecule has 130 heavy (non-hydrogen) atoms. The molecule has 0 amide bonds. The number of rotatable bonds is 34. The topological polar surface area (TPSA) is 36.9 Å². The molecule has 10 unspecified atom stereocenters. The van der Waals surface area contributed by atoms with Gasteiger partial charge in [0.2, 0.25) is 0 Å². The van der Waals surface area contributed by atoms with Crippen molar-refractivity contribution in [3.05, 3.63) is 157 Å². The molecule has 6 aliphatic carbocycles. The van der Waals surface area contributed by atoms with Crippen molar-refractivity contribution in [3.8, 4) is 0 Å². The molecule has 0 radical (unpaired) electrons. The number of halogens is 6. The fourth-order valence-electron chi connectivity index (χ4n) is 20.0. The van der Waals surface area contributed by atoms with Gasteiger partial charge in [-0.3, -0.25) is 0 Å². The van der Waals surface area contributed by atoms with E-state index in [1.54, 1.807) is 51.4 Å². The number of hydrogen-bond donors (Lipinski definition) is 0. The first-order valence-electron chi connectivity index (χ1n) is 52.1. The summed E-state index contributed by atoms with van der Waals surface area (Å²) in [5, 5.41) is 5.62. The molecule has 0 aromatic heterocycles. The van der Waals surface area contributed by atoms with Gasteiger partial charge in [0.15, 0.2) is 0 Å². The molecule has 6 saturated carbocycles. The Labute approximate surface area is 864 Å². The van der Waals surface area contributed by atoms with E-state index >= 15 is 0 Å². The summed E-state index contributed by atoms with van der Waals surface area (Å²) in [7, 11) is 29.6. The Morgan fingerprint density at radius 3 is 1.01 bits per heavy atom. The molecular weight excluding hydrogens is 1960 g/mol. The Morgan fingerprint density at radius 1 is 0.369 bits per heavy atom. The number of hydrogen-bond acceptors (Lipinski definition) is 4. The van der Waals surface area contributed by atoms with Crippen LogP contribution in [0, 0.1) is 108 Å². The summed E-state index contributed by atoms with van der Waals surface area (Å²) in [6.45, 7) is 56.2. The van der Waals surface area contributed by atoms with Gasteiger partial charge in [0.05, 0.1) is 22.4 Å². The first kappa shape index (κ1) is 133. The molecule has 6 aromatic carbocycles. The van der Waals surface area contributed by atoms with Crippen molar-refractivity contribution in [2.75, 3.05) is 26.4 Å². The Morgan fingerprint density at radius 2 is 0.700 bits per heavy atom. The molecule has 0 aliphatic heterocycles. The monoisotopic (exact) mass is 2150 g/mol. The predicted octanol–water partition coefficient (Wildman–Crippen LogP) is 41.0. The third-order valence-corrected chi connectivity index (χ3v) is 27.8. The summed E-state index contributed by atoms with van der Waals surface area (Å²) >= 11 is -2.48. The van der Waals surface area contributed by atoms with Crippen molar-refractivity contribution in [1.29, 1.82) is 0 Å². The summed E-state index contributed by atoms with van der Waals surface area (Å²) in [6.07, 6.45) is 61.9. The fourth-order valence-corrected chi connectivity index (χ4v) is 20.0. The fraction of sp³-hybridized carbons (Fsp3) is 0.744. The van der Waals surface area contributed by atoms with E-state index in [-0.39, 0.29) is 37.3 Å². The van der Waals surface area contributed by atoms with E-state index in [4.69, 9.17) is 70.0 Å². The molecule has 6 aromatic rings. The molecule has 0 N–H and O–H groups in total. The van der Waals surface area contributed by atoms with Crippen LogP contribution in [-0.2, 0) is 101 Å². The van der Waals surface area contributed by atoms with Crippen LogP contribution in [0.3, 0.4) is 0 Å². The predicted molar refractivity (Wildman–Crippen MR) is 577 cm³/mol. The molecule has 13 heteroatoms. The van der Waals surface area contributed by atoms with Crippen molar-refractivity contribution >= 4 is 72.6 Å². The summed E-state index contributed by atoms with van der Waals surface area (Å²) in [4.78, 5) is 0. The van der Waals surface area contributed by atoms with Crippen molar-refractivity contribution in [3.63, 3.8) is 0 Å². The van der Waals surface area contributed by atoms with E-state index in [0.29, 0.717) is 0 Å². The van der Waals surface area contributed by atoms with Gasteiger partial charge in [-0.25, -0.2) is 6.07 Å². The number of fused-ring (bicyclic) bond motifs is 4. The second-order valence-corrected chi connectivity index (χ2v) is 54.0. The Kier molecular flexibility index (Phi) is 82.7. The molecule has 0 heterocycles. The van der Waals surface area contributed by atoms with Crippen LogP contribution in [0.4, 0.5) is 0 Å². The Bertz CT molecular complexity index is 3260. The number of benzene rings is 2. The summed E-state index contributed by atoms with van der Waals surface area (Å²) < 4.78 is 23.0. The van der Waals surface area contributed by atoms with E-state index in [1.807, 2.05) is 0 Å². The van der Waals surface area contributed by atoms with Gasteiger partial charge >= 0.3 is 114 Å². The Balaban J connectivity index is 0. The van der Waals surface area contributed by atoms with Crippen LogP contribution < -0.4 is 0 Å². The molecule has 4 nitrogen and oxygen atoms in total. The third kappa shape index (κ3) is 65.6. The van der Waals surface area contributed by atoms with Gasteiger partial charge in [0.1, 0.15) is 0 Å². The number of unbranched alkanes of at least 4 members (excludes halogenated alkanes) is 14. The van der Waals surface area contributed by atoms with Gasteiger partial charge < -0.3 is 33.8 Å². The average Bonchev–Trinajstić information content (AvgIpc) is 1.70. The first-order valence-corrected chi connectivity index (χ1v) is 71.1. The zero-order valence-corrected chi connectivity index (χ0v) is 101. The molecule has 0 bridgehead atoms. The zero-order valence-electron chi connectivity index (χ0n) is 89.0. The molecule has 0 saturated heterocycles. The molecular formula is C117H202Cl6O4Zr3. The summed E-state index contributed by atoms with van der Waals surface area (Å²) in [5.41, 5.74) is 10.3.